The van der Waals surface area contributed by atoms with Gasteiger partial charge in [-0.2, -0.15) is 5.10 Å². The summed E-state index contributed by atoms with van der Waals surface area (Å²) in [5, 5.41) is 17.5. The summed E-state index contributed by atoms with van der Waals surface area (Å²) in [6.45, 7) is 1.80. The fraction of sp³-hybridized carbons (Fsp3) is 0.167. The van der Waals surface area contributed by atoms with Gasteiger partial charge in [0.25, 0.3) is 11.6 Å². The van der Waals surface area contributed by atoms with E-state index in [1.807, 2.05) is 0 Å². The SMILES string of the molecule is Cc1cc(NC(=O)c2cc([N+](=O)[O-])ccc2Br)n(C)n1. The lowest BCUT2D eigenvalue weighted by molar-refractivity contribution is -0.384. The van der Waals surface area contributed by atoms with Crippen molar-refractivity contribution < 1.29 is 9.72 Å². The predicted octanol–water partition coefficient (Wildman–Crippen LogP) is 2.65. The quantitative estimate of drug-likeness (QED) is 0.688. The van der Waals surface area contributed by atoms with Crippen molar-refractivity contribution >= 4 is 33.3 Å². The number of nitrogens with one attached hydrogen (secondary N) is 1. The summed E-state index contributed by atoms with van der Waals surface area (Å²) >= 11 is 3.21. The minimum absolute atomic E-state index is 0.139. The van der Waals surface area contributed by atoms with E-state index in [2.05, 4.69) is 26.3 Å². The van der Waals surface area contributed by atoms with Gasteiger partial charge in [0.05, 0.1) is 16.2 Å². The van der Waals surface area contributed by atoms with E-state index in [1.165, 1.54) is 22.9 Å². The maximum absolute atomic E-state index is 12.2. The zero-order chi connectivity index (χ0) is 14.9. The van der Waals surface area contributed by atoms with Crippen LogP contribution in [-0.2, 0) is 7.05 Å². The van der Waals surface area contributed by atoms with Crippen molar-refractivity contribution in [3.63, 3.8) is 0 Å². The molecule has 0 saturated heterocycles. The minimum atomic E-state index is -0.544. The van der Waals surface area contributed by atoms with Crippen LogP contribution in [0.1, 0.15) is 16.1 Å². The lowest BCUT2D eigenvalue weighted by atomic mass is 10.2. The molecule has 104 valence electrons. The number of halogens is 1. The number of anilines is 1. The van der Waals surface area contributed by atoms with Crippen LogP contribution in [0.2, 0.25) is 0 Å². The van der Waals surface area contributed by atoms with E-state index in [0.29, 0.717) is 10.3 Å². The number of benzene rings is 1. The van der Waals surface area contributed by atoms with Gasteiger partial charge in [0.1, 0.15) is 5.82 Å². The Balaban J connectivity index is 2.31. The van der Waals surface area contributed by atoms with Crippen LogP contribution >= 0.6 is 15.9 Å². The molecule has 8 heteroatoms. The van der Waals surface area contributed by atoms with Crippen LogP contribution in [0.3, 0.4) is 0 Å². The van der Waals surface area contributed by atoms with E-state index in [4.69, 9.17) is 0 Å². The molecular weight excluding hydrogens is 328 g/mol. The van der Waals surface area contributed by atoms with Gasteiger partial charge in [0.15, 0.2) is 0 Å². The third kappa shape index (κ3) is 2.85. The fourth-order valence-electron chi connectivity index (χ4n) is 1.71. The monoisotopic (exact) mass is 338 g/mol. The number of amides is 1. The van der Waals surface area contributed by atoms with E-state index >= 15 is 0 Å². The van der Waals surface area contributed by atoms with Crippen molar-refractivity contribution in [1.82, 2.24) is 9.78 Å². The second-order valence-electron chi connectivity index (χ2n) is 4.17. The maximum Gasteiger partial charge on any atom is 0.270 e. The average Bonchev–Trinajstić information content (AvgIpc) is 2.67. The second kappa shape index (κ2) is 5.41. The molecule has 1 aromatic heterocycles. The van der Waals surface area contributed by atoms with Gasteiger partial charge in [-0.25, -0.2) is 0 Å². The number of nitro benzene ring substituents is 1. The molecule has 1 amide bonds. The molecule has 0 aliphatic rings. The Labute approximate surface area is 122 Å². The number of nitro groups is 1. The lowest BCUT2D eigenvalue weighted by Gasteiger charge is -2.06. The van der Waals surface area contributed by atoms with Crippen LogP contribution in [-0.4, -0.2) is 20.6 Å². The molecule has 2 aromatic rings. The summed E-state index contributed by atoms with van der Waals surface area (Å²) in [6.07, 6.45) is 0. The van der Waals surface area contributed by atoms with E-state index in [1.54, 1.807) is 20.0 Å². The number of nitrogens with zero attached hydrogens (tertiary/aromatic N) is 3. The minimum Gasteiger partial charge on any atom is -0.307 e. The van der Waals surface area contributed by atoms with Gasteiger partial charge in [-0.1, -0.05) is 0 Å². The predicted molar refractivity (Wildman–Crippen MR) is 76.7 cm³/mol. The summed E-state index contributed by atoms with van der Waals surface area (Å²) in [6, 6.07) is 5.74. The highest BCUT2D eigenvalue weighted by Crippen LogP contribution is 2.23. The number of aryl methyl sites for hydroxylation is 2. The Bertz CT molecular complexity index is 696. The molecule has 1 aromatic carbocycles. The summed E-state index contributed by atoms with van der Waals surface area (Å²) in [7, 11) is 1.70. The molecule has 0 aliphatic heterocycles. The normalized spacial score (nSPS) is 10.3. The summed E-state index contributed by atoms with van der Waals surface area (Å²) in [5.41, 5.74) is 0.818. The van der Waals surface area contributed by atoms with Gasteiger partial charge in [0, 0.05) is 29.7 Å². The second-order valence-corrected chi connectivity index (χ2v) is 5.02. The zero-order valence-corrected chi connectivity index (χ0v) is 12.3. The molecular formula is C12H11BrN4O3. The van der Waals surface area contributed by atoms with Gasteiger partial charge < -0.3 is 5.32 Å². The molecule has 20 heavy (non-hydrogen) atoms. The van der Waals surface area contributed by atoms with Crippen molar-refractivity contribution in [3.8, 4) is 0 Å². The molecule has 0 saturated carbocycles. The van der Waals surface area contributed by atoms with E-state index in [0.717, 1.165) is 5.69 Å². The Kier molecular flexibility index (Phi) is 3.84. The average molecular weight is 339 g/mol. The van der Waals surface area contributed by atoms with E-state index in [-0.39, 0.29) is 11.3 Å². The number of carbonyl (C=O) groups excluding carboxylic acids is 1. The number of aromatic nitrogens is 2. The molecule has 0 aliphatic carbocycles. The molecule has 2 rings (SSSR count). The van der Waals surface area contributed by atoms with Crippen molar-refractivity contribution in [2.24, 2.45) is 7.05 Å². The van der Waals surface area contributed by atoms with Crippen molar-refractivity contribution in [2.75, 3.05) is 5.32 Å². The first-order chi connectivity index (χ1) is 9.38. The number of hydrogen-bond acceptors (Lipinski definition) is 4. The Morgan fingerprint density at radius 3 is 2.70 bits per heavy atom. The Hall–Kier alpha value is -2.22. The molecule has 0 bridgehead atoms. The van der Waals surface area contributed by atoms with Crippen molar-refractivity contribution in [1.29, 1.82) is 0 Å². The van der Waals surface area contributed by atoms with Crippen LogP contribution < -0.4 is 5.32 Å². The van der Waals surface area contributed by atoms with Gasteiger partial charge in [-0.3, -0.25) is 19.6 Å². The fourth-order valence-corrected chi connectivity index (χ4v) is 2.14. The highest BCUT2D eigenvalue weighted by atomic mass is 79.9. The number of rotatable bonds is 3. The molecule has 0 fully saturated rings. The standard InChI is InChI=1S/C12H11BrN4O3/c1-7-5-11(16(2)15-7)14-12(18)9-6-8(17(19)20)3-4-10(9)13/h3-6H,1-2H3,(H,14,18). The largest absolute Gasteiger partial charge is 0.307 e. The first kappa shape index (κ1) is 14.2. The summed E-state index contributed by atoms with van der Waals surface area (Å²) < 4.78 is 2.01. The number of carbonyl (C=O) groups is 1. The highest BCUT2D eigenvalue weighted by Gasteiger charge is 2.16. The van der Waals surface area contributed by atoms with Gasteiger partial charge >= 0.3 is 0 Å². The highest BCUT2D eigenvalue weighted by molar-refractivity contribution is 9.10. The van der Waals surface area contributed by atoms with E-state index < -0.39 is 10.8 Å². The maximum atomic E-state index is 12.2. The van der Waals surface area contributed by atoms with E-state index in [9.17, 15) is 14.9 Å². The smallest absolute Gasteiger partial charge is 0.270 e. The van der Waals surface area contributed by atoms with Gasteiger partial charge in [0.2, 0.25) is 0 Å². The van der Waals surface area contributed by atoms with Crippen molar-refractivity contribution in [3.05, 3.63) is 50.1 Å². The van der Waals surface area contributed by atoms with Crippen LogP contribution in [0, 0.1) is 17.0 Å². The topological polar surface area (TPSA) is 90.1 Å². The molecule has 0 radical (unpaired) electrons. The molecule has 0 spiro atoms. The third-order valence-electron chi connectivity index (χ3n) is 2.65. The van der Waals surface area contributed by atoms with Crippen LogP contribution in [0.5, 0.6) is 0 Å². The van der Waals surface area contributed by atoms with Gasteiger partial charge in [-0.15, -0.1) is 0 Å². The molecule has 7 nitrogen and oxygen atoms in total. The zero-order valence-electron chi connectivity index (χ0n) is 10.8. The first-order valence-electron chi connectivity index (χ1n) is 5.64. The van der Waals surface area contributed by atoms with Crippen LogP contribution in [0.4, 0.5) is 11.5 Å². The Morgan fingerprint density at radius 1 is 1.45 bits per heavy atom. The molecule has 1 N–H and O–H groups in total. The van der Waals surface area contributed by atoms with Crippen LogP contribution in [0.15, 0.2) is 28.7 Å². The Morgan fingerprint density at radius 2 is 2.15 bits per heavy atom. The lowest BCUT2D eigenvalue weighted by Crippen LogP contribution is -2.15. The summed E-state index contributed by atoms with van der Waals surface area (Å²) in [4.78, 5) is 22.4. The first-order valence-corrected chi connectivity index (χ1v) is 6.43. The number of hydrogen-bond donors (Lipinski definition) is 1. The van der Waals surface area contributed by atoms with Gasteiger partial charge in [-0.05, 0) is 28.9 Å². The molecule has 1 heterocycles. The van der Waals surface area contributed by atoms with Crippen molar-refractivity contribution in [2.45, 2.75) is 6.92 Å². The molecule has 0 unspecified atom stereocenters. The van der Waals surface area contributed by atoms with Crippen LogP contribution in [0.25, 0.3) is 0 Å². The third-order valence-corrected chi connectivity index (χ3v) is 3.34. The number of non-ortho nitro benzene ring substituents is 1. The molecule has 0 atom stereocenters. The summed E-state index contributed by atoms with van der Waals surface area (Å²) in [5.74, 6) is 0.0782.